The minimum absolute atomic E-state index is 0.0137. The summed E-state index contributed by atoms with van der Waals surface area (Å²) in [5.74, 6) is 0.289. The maximum Gasteiger partial charge on any atom is 0.200 e. The molecule has 4 heteroatoms. The molecular weight excluding hydrogens is 316 g/mol. The van der Waals surface area contributed by atoms with Gasteiger partial charge in [0.25, 0.3) is 0 Å². The first-order chi connectivity index (χ1) is 11.0. The second-order valence-electron chi connectivity index (χ2n) is 8.80. The molecule has 0 spiro atoms. The lowest BCUT2D eigenvalue weighted by Crippen LogP contribution is -2.54. The quantitative estimate of drug-likeness (QED) is 0.497. The van der Waals surface area contributed by atoms with Crippen molar-refractivity contribution in [3.63, 3.8) is 0 Å². The van der Waals surface area contributed by atoms with Crippen LogP contribution in [0.3, 0.4) is 0 Å². The number of aliphatic hydroxyl groups excluding tert-OH is 2. The minimum Gasteiger partial charge on any atom is -0.413 e. The summed E-state index contributed by atoms with van der Waals surface area (Å²) >= 11 is 0. The predicted molar refractivity (Wildman–Crippen MR) is 107 cm³/mol. The third-order valence-corrected chi connectivity index (χ3v) is 12.3. The van der Waals surface area contributed by atoms with Crippen LogP contribution in [0.2, 0.25) is 16.6 Å². The molecule has 0 aliphatic carbocycles. The summed E-state index contributed by atoms with van der Waals surface area (Å²) in [7, 11) is -2.00. The van der Waals surface area contributed by atoms with Crippen molar-refractivity contribution >= 4 is 8.32 Å². The SMILES string of the molecule is CC[C@H](C)[C@H](O[Si](C(C)C)(C(C)C)C(C)C)[C@H](C)C(O)[C@H](C)CO. The van der Waals surface area contributed by atoms with Gasteiger partial charge in [-0.3, -0.25) is 0 Å². The fourth-order valence-electron chi connectivity index (χ4n) is 4.44. The molecular formula is C20H44O3Si. The summed E-state index contributed by atoms with van der Waals surface area (Å²) in [6.07, 6.45) is 0.540. The highest BCUT2D eigenvalue weighted by Gasteiger charge is 2.48. The topological polar surface area (TPSA) is 49.7 Å². The molecule has 5 atom stereocenters. The molecule has 0 aromatic heterocycles. The predicted octanol–water partition coefficient (Wildman–Crippen LogP) is 5.22. The van der Waals surface area contributed by atoms with Crippen molar-refractivity contribution in [1.29, 1.82) is 0 Å². The van der Waals surface area contributed by atoms with Crippen molar-refractivity contribution in [2.45, 2.75) is 104 Å². The lowest BCUT2D eigenvalue weighted by atomic mass is 9.83. The summed E-state index contributed by atoms with van der Waals surface area (Å²) < 4.78 is 7.05. The Kier molecular flexibility index (Phi) is 10.3. The number of hydrogen-bond donors (Lipinski definition) is 2. The molecule has 0 heterocycles. The summed E-state index contributed by atoms with van der Waals surface area (Å²) in [4.78, 5) is 0. The minimum atomic E-state index is -2.00. The highest BCUT2D eigenvalue weighted by atomic mass is 28.4. The fraction of sp³-hybridized carbons (Fsp3) is 1.00. The summed E-state index contributed by atoms with van der Waals surface area (Å²) in [5, 5.41) is 20.1. The summed E-state index contributed by atoms with van der Waals surface area (Å²) in [6.45, 7) is 22.3. The monoisotopic (exact) mass is 360 g/mol. The van der Waals surface area contributed by atoms with Crippen molar-refractivity contribution in [2.75, 3.05) is 6.61 Å². The lowest BCUT2D eigenvalue weighted by Gasteiger charge is -2.48. The van der Waals surface area contributed by atoms with Gasteiger partial charge in [-0.25, -0.2) is 0 Å². The Hall–Kier alpha value is 0.0969. The first kappa shape index (κ1) is 24.1. The largest absolute Gasteiger partial charge is 0.413 e. The average Bonchev–Trinajstić information content (AvgIpc) is 2.51. The molecule has 3 nitrogen and oxygen atoms in total. The Morgan fingerprint density at radius 1 is 0.792 bits per heavy atom. The molecule has 146 valence electrons. The molecule has 0 aromatic carbocycles. The molecule has 0 radical (unpaired) electrons. The second-order valence-corrected chi connectivity index (χ2v) is 14.2. The van der Waals surface area contributed by atoms with E-state index in [-0.39, 0.29) is 24.5 Å². The molecule has 0 saturated heterocycles. The van der Waals surface area contributed by atoms with E-state index < -0.39 is 14.4 Å². The van der Waals surface area contributed by atoms with Crippen LogP contribution in [-0.4, -0.2) is 37.3 Å². The Labute approximate surface area is 152 Å². The van der Waals surface area contributed by atoms with Gasteiger partial charge < -0.3 is 14.6 Å². The smallest absolute Gasteiger partial charge is 0.200 e. The zero-order chi connectivity index (χ0) is 19.2. The second kappa shape index (κ2) is 10.3. The van der Waals surface area contributed by atoms with Crippen molar-refractivity contribution in [3.05, 3.63) is 0 Å². The van der Waals surface area contributed by atoms with Gasteiger partial charge in [-0.05, 0) is 22.5 Å². The molecule has 0 aromatic rings. The molecule has 0 aliphatic rings. The number of aliphatic hydroxyl groups is 2. The standard InChI is InChI=1S/C20H44O3Si/c1-11-16(8)20(18(10)19(22)17(9)12-21)23-24(13(2)3,14(4)5)15(6)7/h13-22H,11-12H2,1-10H3/t16-,17+,18+,19?,20-/m0/s1. The fourth-order valence-corrected chi connectivity index (χ4v) is 10.2. The van der Waals surface area contributed by atoms with E-state index in [0.29, 0.717) is 22.5 Å². The Morgan fingerprint density at radius 2 is 1.21 bits per heavy atom. The molecule has 0 aliphatic heterocycles. The van der Waals surface area contributed by atoms with Crippen LogP contribution in [0.5, 0.6) is 0 Å². The van der Waals surface area contributed by atoms with Crippen LogP contribution in [0.15, 0.2) is 0 Å². The first-order valence-electron chi connectivity index (χ1n) is 9.93. The number of rotatable bonds is 11. The van der Waals surface area contributed by atoms with Crippen molar-refractivity contribution in [3.8, 4) is 0 Å². The zero-order valence-corrected chi connectivity index (χ0v) is 18.8. The highest BCUT2D eigenvalue weighted by molar-refractivity contribution is 6.77. The molecule has 0 fully saturated rings. The van der Waals surface area contributed by atoms with E-state index in [4.69, 9.17) is 4.43 Å². The molecule has 0 saturated carbocycles. The van der Waals surface area contributed by atoms with Crippen LogP contribution in [0.4, 0.5) is 0 Å². The summed E-state index contributed by atoms with van der Waals surface area (Å²) in [5.41, 5.74) is 1.59. The van der Waals surface area contributed by atoms with Crippen LogP contribution in [-0.2, 0) is 4.43 Å². The lowest BCUT2D eigenvalue weighted by molar-refractivity contribution is -0.0344. The molecule has 2 N–H and O–H groups in total. The summed E-state index contributed by atoms with van der Waals surface area (Å²) in [6, 6.07) is 0. The Bertz CT molecular complexity index is 322. The highest BCUT2D eigenvalue weighted by Crippen LogP contribution is 2.45. The van der Waals surface area contributed by atoms with E-state index in [1.54, 1.807) is 0 Å². The van der Waals surface area contributed by atoms with Gasteiger partial charge in [-0.15, -0.1) is 0 Å². The van der Waals surface area contributed by atoms with E-state index in [1.807, 2.05) is 6.92 Å². The van der Waals surface area contributed by atoms with Crippen LogP contribution >= 0.6 is 0 Å². The normalized spacial score (nSPS) is 19.6. The van der Waals surface area contributed by atoms with Gasteiger partial charge in [0, 0.05) is 18.4 Å². The van der Waals surface area contributed by atoms with E-state index in [9.17, 15) is 10.2 Å². The van der Waals surface area contributed by atoms with Crippen LogP contribution in [0.1, 0.15) is 75.7 Å². The average molecular weight is 361 g/mol. The van der Waals surface area contributed by atoms with Gasteiger partial charge >= 0.3 is 0 Å². The maximum absolute atomic E-state index is 10.7. The zero-order valence-electron chi connectivity index (χ0n) is 17.8. The third-order valence-electron chi connectivity index (χ3n) is 6.18. The number of hydrogen-bond acceptors (Lipinski definition) is 3. The van der Waals surface area contributed by atoms with E-state index >= 15 is 0 Å². The van der Waals surface area contributed by atoms with Gasteiger partial charge in [0.2, 0.25) is 8.32 Å². The third kappa shape index (κ3) is 5.30. The van der Waals surface area contributed by atoms with Gasteiger partial charge in [0.05, 0.1) is 12.2 Å². The first-order valence-corrected chi connectivity index (χ1v) is 12.1. The van der Waals surface area contributed by atoms with Crippen molar-refractivity contribution in [1.82, 2.24) is 0 Å². The van der Waals surface area contributed by atoms with Gasteiger partial charge in [0.1, 0.15) is 0 Å². The van der Waals surface area contributed by atoms with Gasteiger partial charge in [-0.2, -0.15) is 0 Å². The molecule has 0 rings (SSSR count). The van der Waals surface area contributed by atoms with Gasteiger partial charge in [0.15, 0.2) is 0 Å². The Balaban J connectivity index is 5.75. The van der Waals surface area contributed by atoms with Crippen LogP contribution in [0.25, 0.3) is 0 Å². The van der Waals surface area contributed by atoms with E-state index in [0.717, 1.165) is 6.42 Å². The molecule has 0 amide bonds. The van der Waals surface area contributed by atoms with Crippen molar-refractivity contribution in [2.24, 2.45) is 17.8 Å². The van der Waals surface area contributed by atoms with E-state index in [1.165, 1.54) is 0 Å². The maximum atomic E-state index is 10.7. The Morgan fingerprint density at radius 3 is 1.50 bits per heavy atom. The van der Waals surface area contributed by atoms with E-state index in [2.05, 4.69) is 62.3 Å². The van der Waals surface area contributed by atoms with Crippen LogP contribution < -0.4 is 0 Å². The van der Waals surface area contributed by atoms with Crippen molar-refractivity contribution < 1.29 is 14.6 Å². The molecule has 0 bridgehead atoms. The molecule has 24 heavy (non-hydrogen) atoms. The van der Waals surface area contributed by atoms with Gasteiger partial charge in [-0.1, -0.05) is 75.7 Å². The van der Waals surface area contributed by atoms with Crippen LogP contribution in [0, 0.1) is 17.8 Å². The molecule has 1 unspecified atom stereocenters.